The van der Waals surface area contributed by atoms with Gasteiger partial charge >= 0.3 is 0 Å². The number of morpholine rings is 1. The van der Waals surface area contributed by atoms with E-state index in [9.17, 15) is 4.79 Å². The molecule has 2 saturated heterocycles. The standard InChI is InChI=1S/C18H26N2O3/c1-13-12-15(22-3)4-5-16(13)18(21)20-7-6-17(14(20)2)19-8-10-23-11-9-19/h4-5,12,14,17H,6-11H2,1-3H3/t14-,17-/m1/s1. The molecule has 2 atom stereocenters. The largest absolute Gasteiger partial charge is 0.497 e. The third kappa shape index (κ3) is 3.21. The van der Waals surface area contributed by atoms with Crippen molar-refractivity contribution in [2.45, 2.75) is 32.4 Å². The number of ether oxygens (including phenoxy) is 2. The second-order valence-corrected chi connectivity index (χ2v) is 6.42. The van der Waals surface area contributed by atoms with Gasteiger partial charge in [0.05, 0.1) is 20.3 Å². The molecule has 5 heteroatoms. The second-order valence-electron chi connectivity index (χ2n) is 6.42. The first kappa shape index (κ1) is 16.3. The molecule has 0 aromatic heterocycles. The van der Waals surface area contributed by atoms with Crippen molar-refractivity contribution in [3.8, 4) is 5.75 Å². The Morgan fingerprint density at radius 2 is 2.00 bits per heavy atom. The maximum atomic E-state index is 12.9. The van der Waals surface area contributed by atoms with E-state index >= 15 is 0 Å². The van der Waals surface area contributed by atoms with Crippen LogP contribution in [0, 0.1) is 6.92 Å². The van der Waals surface area contributed by atoms with Crippen molar-refractivity contribution >= 4 is 5.91 Å². The van der Waals surface area contributed by atoms with Crippen LogP contribution in [0.1, 0.15) is 29.3 Å². The molecule has 0 bridgehead atoms. The van der Waals surface area contributed by atoms with Gasteiger partial charge in [0.15, 0.2) is 0 Å². The van der Waals surface area contributed by atoms with E-state index in [0.29, 0.717) is 6.04 Å². The zero-order valence-corrected chi connectivity index (χ0v) is 14.2. The van der Waals surface area contributed by atoms with Gasteiger partial charge < -0.3 is 14.4 Å². The molecule has 0 spiro atoms. The first-order chi connectivity index (χ1) is 11.1. The van der Waals surface area contributed by atoms with Crippen LogP contribution in [0.3, 0.4) is 0 Å². The molecule has 0 N–H and O–H groups in total. The first-order valence-corrected chi connectivity index (χ1v) is 8.39. The summed E-state index contributed by atoms with van der Waals surface area (Å²) in [5, 5.41) is 0. The Kier molecular flexibility index (Phi) is 4.87. The average Bonchev–Trinajstić information content (AvgIpc) is 2.96. The lowest BCUT2D eigenvalue weighted by atomic mass is 10.1. The highest BCUT2D eigenvalue weighted by atomic mass is 16.5. The van der Waals surface area contributed by atoms with Crippen LogP contribution in [0.15, 0.2) is 18.2 Å². The highest BCUT2D eigenvalue weighted by molar-refractivity contribution is 5.96. The van der Waals surface area contributed by atoms with E-state index in [1.807, 2.05) is 30.0 Å². The van der Waals surface area contributed by atoms with E-state index in [4.69, 9.17) is 9.47 Å². The summed E-state index contributed by atoms with van der Waals surface area (Å²) in [5.74, 6) is 0.924. The molecule has 1 aromatic carbocycles. The Balaban J connectivity index is 1.73. The molecule has 1 amide bonds. The third-order valence-electron chi connectivity index (χ3n) is 5.15. The quantitative estimate of drug-likeness (QED) is 0.854. The van der Waals surface area contributed by atoms with Crippen LogP contribution in [0.2, 0.25) is 0 Å². The van der Waals surface area contributed by atoms with Gasteiger partial charge in [-0.25, -0.2) is 0 Å². The molecule has 126 valence electrons. The zero-order chi connectivity index (χ0) is 16.4. The molecule has 5 nitrogen and oxygen atoms in total. The molecule has 2 fully saturated rings. The summed E-state index contributed by atoms with van der Waals surface area (Å²) in [4.78, 5) is 17.4. The predicted molar refractivity (Wildman–Crippen MR) is 89.0 cm³/mol. The molecule has 2 aliphatic heterocycles. The summed E-state index contributed by atoms with van der Waals surface area (Å²) in [5.41, 5.74) is 1.75. The highest BCUT2D eigenvalue weighted by Crippen LogP contribution is 2.27. The van der Waals surface area contributed by atoms with E-state index in [0.717, 1.165) is 56.1 Å². The summed E-state index contributed by atoms with van der Waals surface area (Å²) < 4.78 is 10.7. The molecule has 0 aliphatic carbocycles. The van der Waals surface area contributed by atoms with Crippen LogP contribution in [-0.2, 0) is 4.74 Å². The van der Waals surface area contributed by atoms with Gasteiger partial charge in [0, 0.05) is 37.3 Å². The van der Waals surface area contributed by atoms with Gasteiger partial charge in [-0.1, -0.05) is 0 Å². The van der Waals surface area contributed by atoms with Crippen molar-refractivity contribution in [3.05, 3.63) is 29.3 Å². The molecule has 2 heterocycles. The summed E-state index contributed by atoms with van der Waals surface area (Å²) in [6.45, 7) is 8.51. The molecule has 0 radical (unpaired) electrons. The van der Waals surface area contributed by atoms with Crippen molar-refractivity contribution < 1.29 is 14.3 Å². The zero-order valence-electron chi connectivity index (χ0n) is 14.2. The summed E-state index contributed by atoms with van der Waals surface area (Å²) >= 11 is 0. The van der Waals surface area contributed by atoms with Crippen LogP contribution >= 0.6 is 0 Å². The lowest BCUT2D eigenvalue weighted by molar-refractivity contribution is 0.0104. The van der Waals surface area contributed by atoms with E-state index in [2.05, 4.69) is 11.8 Å². The smallest absolute Gasteiger partial charge is 0.254 e. The highest BCUT2D eigenvalue weighted by Gasteiger charge is 2.38. The number of methoxy groups -OCH3 is 1. The fourth-order valence-electron chi connectivity index (χ4n) is 3.77. The predicted octanol–water partition coefficient (Wildman–Crippen LogP) is 1.94. The number of benzene rings is 1. The average molecular weight is 318 g/mol. The van der Waals surface area contributed by atoms with Crippen LogP contribution in [0.25, 0.3) is 0 Å². The van der Waals surface area contributed by atoms with Crippen molar-refractivity contribution in [2.24, 2.45) is 0 Å². The number of carbonyl (C=O) groups excluding carboxylic acids is 1. The van der Waals surface area contributed by atoms with Gasteiger partial charge in [-0.15, -0.1) is 0 Å². The van der Waals surface area contributed by atoms with Crippen molar-refractivity contribution in [1.29, 1.82) is 0 Å². The lowest BCUT2D eigenvalue weighted by Crippen LogP contribution is -2.49. The molecule has 3 rings (SSSR count). The molecule has 2 aliphatic rings. The Hall–Kier alpha value is -1.59. The molecule has 0 saturated carbocycles. The Morgan fingerprint density at radius 1 is 1.26 bits per heavy atom. The maximum absolute atomic E-state index is 12.9. The van der Waals surface area contributed by atoms with E-state index in [-0.39, 0.29) is 11.9 Å². The van der Waals surface area contributed by atoms with Crippen LogP contribution in [0.4, 0.5) is 0 Å². The minimum absolute atomic E-state index is 0.133. The summed E-state index contributed by atoms with van der Waals surface area (Å²) in [7, 11) is 1.64. The minimum Gasteiger partial charge on any atom is -0.497 e. The normalized spacial score (nSPS) is 25.6. The van der Waals surface area contributed by atoms with Crippen molar-refractivity contribution in [2.75, 3.05) is 40.0 Å². The molecular formula is C18H26N2O3. The van der Waals surface area contributed by atoms with Gasteiger partial charge in [0.2, 0.25) is 0 Å². The van der Waals surface area contributed by atoms with E-state index in [1.165, 1.54) is 0 Å². The van der Waals surface area contributed by atoms with E-state index < -0.39 is 0 Å². The van der Waals surface area contributed by atoms with Gasteiger partial charge in [-0.05, 0) is 44.0 Å². The van der Waals surface area contributed by atoms with Gasteiger partial charge in [0.25, 0.3) is 5.91 Å². The fourth-order valence-corrected chi connectivity index (χ4v) is 3.77. The van der Waals surface area contributed by atoms with Crippen LogP contribution in [0.5, 0.6) is 5.75 Å². The van der Waals surface area contributed by atoms with Crippen LogP contribution in [-0.4, -0.2) is 67.7 Å². The molecule has 23 heavy (non-hydrogen) atoms. The number of rotatable bonds is 3. The lowest BCUT2D eigenvalue weighted by Gasteiger charge is -2.35. The number of likely N-dealkylation sites (tertiary alicyclic amines) is 1. The van der Waals surface area contributed by atoms with Crippen molar-refractivity contribution in [3.63, 3.8) is 0 Å². The monoisotopic (exact) mass is 318 g/mol. The molecule has 1 aromatic rings. The third-order valence-corrected chi connectivity index (χ3v) is 5.15. The fraction of sp³-hybridized carbons (Fsp3) is 0.611. The van der Waals surface area contributed by atoms with Crippen LogP contribution < -0.4 is 4.74 Å². The number of hydrogen-bond donors (Lipinski definition) is 0. The van der Waals surface area contributed by atoms with Gasteiger partial charge in [-0.2, -0.15) is 0 Å². The Labute approximate surface area is 138 Å². The minimum atomic E-state index is 0.133. The maximum Gasteiger partial charge on any atom is 0.254 e. The number of hydrogen-bond acceptors (Lipinski definition) is 4. The second kappa shape index (κ2) is 6.89. The molecule has 0 unspecified atom stereocenters. The number of amides is 1. The van der Waals surface area contributed by atoms with Crippen molar-refractivity contribution in [1.82, 2.24) is 9.80 Å². The number of nitrogens with zero attached hydrogens (tertiary/aromatic N) is 2. The topological polar surface area (TPSA) is 42.0 Å². The summed E-state index contributed by atoms with van der Waals surface area (Å²) in [6.07, 6.45) is 1.04. The Morgan fingerprint density at radius 3 is 2.65 bits per heavy atom. The first-order valence-electron chi connectivity index (χ1n) is 8.39. The summed E-state index contributed by atoms with van der Waals surface area (Å²) in [6, 6.07) is 6.35. The number of carbonyl (C=O) groups is 1. The van der Waals surface area contributed by atoms with Gasteiger partial charge in [-0.3, -0.25) is 9.69 Å². The Bertz CT molecular complexity index is 569. The number of aryl methyl sites for hydroxylation is 1. The SMILES string of the molecule is COc1ccc(C(=O)N2CC[C@@H](N3CCOCC3)[C@H]2C)c(C)c1. The molecular weight excluding hydrogens is 292 g/mol. The van der Waals surface area contributed by atoms with E-state index in [1.54, 1.807) is 7.11 Å². The van der Waals surface area contributed by atoms with Gasteiger partial charge in [0.1, 0.15) is 5.75 Å².